The molecule has 7 heteroatoms. The molecule has 2 saturated carbocycles. The van der Waals surface area contributed by atoms with Gasteiger partial charge in [-0.15, -0.1) is 0 Å². The molecule has 3 unspecified atom stereocenters. The molecule has 7 rings (SSSR count). The number of benzene rings is 2. The third-order valence-corrected chi connectivity index (χ3v) is 9.93. The molecule has 2 aromatic rings. The topological polar surface area (TPSA) is 82.5 Å². The maximum absolute atomic E-state index is 13.3. The van der Waals surface area contributed by atoms with Gasteiger partial charge in [0.25, 0.3) is 5.91 Å². The molecule has 3 aliphatic carbocycles. The van der Waals surface area contributed by atoms with Crippen LogP contribution >= 0.6 is 0 Å². The molecule has 5 aliphatic rings. The average molecular weight is 515 g/mol. The van der Waals surface area contributed by atoms with E-state index in [2.05, 4.69) is 16.7 Å². The summed E-state index contributed by atoms with van der Waals surface area (Å²) in [5, 5.41) is 23.4. The highest BCUT2D eigenvalue weighted by Gasteiger charge is 2.73. The molecule has 0 aromatic heterocycles. The normalized spacial score (nSPS) is 32.4. The Kier molecular flexibility index (Phi) is 5.27. The minimum Gasteiger partial charge on any atom is -0.504 e. The second-order valence-corrected chi connectivity index (χ2v) is 11.8. The van der Waals surface area contributed by atoms with Gasteiger partial charge in [-0.05, 0) is 80.8 Å². The molecular formula is C31H34N2O5. The average Bonchev–Trinajstić information content (AvgIpc) is 3.67. The number of piperidine rings is 1. The number of hydrogen-bond donors (Lipinski definition) is 2. The largest absolute Gasteiger partial charge is 0.504 e. The molecule has 2 aliphatic heterocycles. The number of phenolic OH excluding ortho intramolecular Hbond substituents is 1. The first-order valence-corrected chi connectivity index (χ1v) is 13.8. The maximum Gasteiger partial charge on any atom is 0.298 e. The number of aliphatic hydroxyl groups is 1. The number of hydrogen-bond acceptors (Lipinski definition) is 6. The van der Waals surface area contributed by atoms with Gasteiger partial charge < -0.3 is 24.6 Å². The summed E-state index contributed by atoms with van der Waals surface area (Å²) >= 11 is 0. The number of likely N-dealkylation sites (N-methyl/N-ethyl adjacent to an activating group) is 1. The van der Waals surface area contributed by atoms with Crippen LogP contribution in [0.3, 0.4) is 0 Å². The van der Waals surface area contributed by atoms with Crippen molar-refractivity contribution < 1.29 is 24.5 Å². The van der Waals surface area contributed by atoms with E-state index < -0.39 is 17.1 Å². The van der Waals surface area contributed by atoms with E-state index in [0.717, 1.165) is 43.0 Å². The molecular weight excluding hydrogens is 480 g/mol. The molecule has 2 heterocycles. The lowest BCUT2D eigenvalue weighted by atomic mass is 9.48. The van der Waals surface area contributed by atoms with Crippen LogP contribution in [0.1, 0.15) is 48.8 Å². The van der Waals surface area contributed by atoms with Crippen LogP contribution in [0.5, 0.6) is 17.2 Å². The molecule has 5 atom stereocenters. The van der Waals surface area contributed by atoms with E-state index in [1.165, 1.54) is 12.8 Å². The molecule has 198 valence electrons. The quantitative estimate of drug-likeness (QED) is 0.611. The SMILES string of the molecule is COc1cccc(C#CC(=O)N(C)C2CCC3(O)[C@H]4Cc5ccc(O)c6c5[C@@]3(CCN4CC3CC3)C2O6)c1. The third-order valence-electron chi connectivity index (χ3n) is 9.93. The van der Waals surface area contributed by atoms with Gasteiger partial charge in [-0.2, -0.15) is 0 Å². The zero-order valence-corrected chi connectivity index (χ0v) is 21.9. The number of carbonyl (C=O) groups excluding carboxylic acids is 1. The summed E-state index contributed by atoms with van der Waals surface area (Å²) in [5.74, 6) is 7.52. The van der Waals surface area contributed by atoms with Crippen molar-refractivity contribution in [2.75, 3.05) is 27.2 Å². The fraction of sp³-hybridized carbons (Fsp3) is 0.516. The van der Waals surface area contributed by atoms with Crippen molar-refractivity contribution in [1.82, 2.24) is 9.80 Å². The number of methoxy groups -OCH3 is 1. The van der Waals surface area contributed by atoms with Crippen molar-refractivity contribution in [1.29, 1.82) is 0 Å². The van der Waals surface area contributed by atoms with Crippen LogP contribution in [-0.4, -0.2) is 77.0 Å². The van der Waals surface area contributed by atoms with E-state index in [9.17, 15) is 15.0 Å². The lowest BCUT2D eigenvalue weighted by Crippen LogP contribution is -2.78. The Hall–Kier alpha value is -3.21. The van der Waals surface area contributed by atoms with Gasteiger partial charge >= 0.3 is 0 Å². The number of likely N-dealkylation sites (tertiary alicyclic amines) is 1. The van der Waals surface area contributed by atoms with Crippen molar-refractivity contribution >= 4 is 5.91 Å². The van der Waals surface area contributed by atoms with Crippen LogP contribution in [-0.2, 0) is 16.6 Å². The van der Waals surface area contributed by atoms with Crippen LogP contribution < -0.4 is 9.47 Å². The Morgan fingerprint density at radius 2 is 2.08 bits per heavy atom. The van der Waals surface area contributed by atoms with Gasteiger partial charge in [0.1, 0.15) is 11.9 Å². The van der Waals surface area contributed by atoms with Crippen molar-refractivity contribution in [2.45, 2.75) is 67.7 Å². The molecule has 2 aromatic carbocycles. The Balaban J connectivity index is 1.24. The second kappa shape index (κ2) is 8.39. The highest BCUT2D eigenvalue weighted by molar-refractivity contribution is 5.94. The maximum atomic E-state index is 13.3. The standard InChI is InChI=1S/C31H34N2O5/c1-32(26(35)11-8-19-4-3-5-22(16-19)37-2)23-12-13-31(36)25-17-21-9-10-24(34)28-27(21)30(31,29(23)38-28)14-15-33(25)18-20-6-7-20/h3-5,9-10,16,20,23,25,29,34,36H,6-7,12-15,17-18H2,1-2H3/t23?,25-,29?,30+,31?/m1/s1. The lowest BCUT2D eigenvalue weighted by Gasteiger charge is -2.64. The third kappa shape index (κ3) is 3.26. The highest BCUT2D eigenvalue weighted by atomic mass is 16.5. The fourth-order valence-corrected chi connectivity index (χ4v) is 7.92. The number of phenols is 1. The number of rotatable bonds is 4. The Morgan fingerprint density at radius 1 is 1.24 bits per heavy atom. The number of carbonyl (C=O) groups is 1. The molecule has 7 nitrogen and oxygen atoms in total. The molecule has 38 heavy (non-hydrogen) atoms. The summed E-state index contributed by atoms with van der Waals surface area (Å²) in [4.78, 5) is 17.5. The van der Waals surface area contributed by atoms with Crippen molar-refractivity contribution in [3.63, 3.8) is 0 Å². The number of ether oxygens (including phenoxy) is 2. The van der Waals surface area contributed by atoms with E-state index in [-0.39, 0.29) is 23.7 Å². The van der Waals surface area contributed by atoms with Crippen LogP contribution in [0.2, 0.25) is 0 Å². The first-order valence-electron chi connectivity index (χ1n) is 13.8. The van der Waals surface area contributed by atoms with Crippen LogP contribution in [0.4, 0.5) is 0 Å². The van der Waals surface area contributed by atoms with Crippen LogP contribution in [0.25, 0.3) is 0 Å². The molecule has 0 radical (unpaired) electrons. The van der Waals surface area contributed by atoms with E-state index >= 15 is 0 Å². The van der Waals surface area contributed by atoms with Crippen molar-refractivity contribution in [3.8, 4) is 29.1 Å². The Bertz CT molecular complexity index is 1380. The van der Waals surface area contributed by atoms with Gasteiger partial charge in [-0.3, -0.25) is 9.69 Å². The summed E-state index contributed by atoms with van der Waals surface area (Å²) in [6.45, 7) is 1.93. The van der Waals surface area contributed by atoms with E-state index in [1.54, 1.807) is 31.2 Å². The van der Waals surface area contributed by atoms with Gasteiger partial charge in [0.2, 0.25) is 0 Å². The fourth-order valence-electron chi connectivity index (χ4n) is 7.92. The van der Waals surface area contributed by atoms with Crippen LogP contribution in [0, 0.1) is 17.8 Å². The van der Waals surface area contributed by atoms with Gasteiger partial charge in [-0.1, -0.05) is 18.1 Å². The van der Waals surface area contributed by atoms with Gasteiger partial charge in [0, 0.05) is 36.7 Å². The smallest absolute Gasteiger partial charge is 0.298 e. The summed E-state index contributed by atoms with van der Waals surface area (Å²) in [6.07, 6.45) is 4.81. The first kappa shape index (κ1) is 23.9. The van der Waals surface area contributed by atoms with E-state index in [4.69, 9.17) is 9.47 Å². The molecule has 2 N–H and O–H groups in total. The monoisotopic (exact) mass is 514 g/mol. The summed E-state index contributed by atoms with van der Waals surface area (Å²) < 4.78 is 11.9. The van der Waals surface area contributed by atoms with Crippen LogP contribution in [0.15, 0.2) is 36.4 Å². The number of amides is 1. The van der Waals surface area contributed by atoms with E-state index in [0.29, 0.717) is 29.9 Å². The van der Waals surface area contributed by atoms with Gasteiger partial charge in [0.15, 0.2) is 11.5 Å². The Morgan fingerprint density at radius 3 is 2.87 bits per heavy atom. The Labute approximate surface area is 223 Å². The van der Waals surface area contributed by atoms with Crippen molar-refractivity contribution in [2.24, 2.45) is 5.92 Å². The molecule has 2 bridgehead atoms. The lowest BCUT2D eigenvalue weighted by molar-refractivity contribution is -0.199. The predicted molar refractivity (Wildman–Crippen MR) is 141 cm³/mol. The van der Waals surface area contributed by atoms with E-state index in [1.807, 2.05) is 24.3 Å². The van der Waals surface area contributed by atoms with Gasteiger partial charge in [0.05, 0.1) is 24.2 Å². The summed E-state index contributed by atoms with van der Waals surface area (Å²) in [6, 6.07) is 10.8. The predicted octanol–water partition coefficient (Wildman–Crippen LogP) is 2.84. The molecule has 3 fully saturated rings. The first-order chi connectivity index (χ1) is 18.4. The summed E-state index contributed by atoms with van der Waals surface area (Å²) in [7, 11) is 3.38. The summed E-state index contributed by atoms with van der Waals surface area (Å²) in [5.41, 5.74) is 1.21. The van der Waals surface area contributed by atoms with Crippen molar-refractivity contribution in [3.05, 3.63) is 53.1 Å². The minimum absolute atomic E-state index is 0.0146. The number of aromatic hydroxyl groups is 1. The van der Waals surface area contributed by atoms with Gasteiger partial charge in [-0.25, -0.2) is 0 Å². The zero-order chi connectivity index (χ0) is 26.2. The zero-order valence-electron chi connectivity index (χ0n) is 21.9. The minimum atomic E-state index is -0.969. The second-order valence-electron chi connectivity index (χ2n) is 11.8. The number of nitrogens with zero attached hydrogens (tertiary/aromatic N) is 2. The molecule has 1 spiro atoms. The molecule has 1 saturated heterocycles. The highest BCUT2D eigenvalue weighted by Crippen LogP contribution is 2.66. The molecule has 1 amide bonds.